The number of rotatable bonds is 0. The van der Waals surface area contributed by atoms with Crippen LogP contribution in [0.5, 0.6) is 0 Å². The molecule has 4 fully saturated rings. The number of thiocarbonyl (C=S) groups is 4. The quantitative estimate of drug-likeness (QED) is 0.172. The van der Waals surface area contributed by atoms with E-state index < -0.39 is 0 Å². The predicted octanol–water partition coefficient (Wildman–Crippen LogP) is 0.975. The summed E-state index contributed by atoms with van der Waals surface area (Å²) < 4.78 is 0. The van der Waals surface area contributed by atoms with Gasteiger partial charge >= 0.3 is 0 Å². The van der Waals surface area contributed by atoms with E-state index in [0.717, 1.165) is 72.8 Å². The molecular weight excluding hydrogens is 676 g/mol. The molecule has 0 radical (unpaired) electrons. The zero-order valence-corrected chi connectivity index (χ0v) is 24.8. The Morgan fingerprint density at radius 1 is 0.303 bits per heavy atom. The Morgan fingerprint density at radius 2 is 0.424 bits per heavy atom. The summed E-state index contributed by atoms with van der Waals surface area (Å²) in [6, 6.07) is 0. The molecule has 0 amide bonds. The van der Waals surface area contributed by atoms with Gasteiger partial charge in [0.2, 0.25) is 0 Å². The molecule has 0 unspecified atom stereocenters. The minimum Gasteiger partial charge on any atom is -0.363 e. The third-order valence-electron chi connectivity index (χ3n) is 4.70. The third kappa shape index (κ3) is 21.7. The van der Waals surface area contributed by atoms with Crippen molar-refractivity contribution < 1.29 is 21.1 Å². The summed E-state index contributed by atoms with van der Waals surface area (Å²) in [5.74, 6) is 0. The van der Waals surface area contributed by atoms with E-state index >= 15 is 0 Å². The van der Waals surface area contributed by atoms with Crippen molar-refractivity contribution in [2.45, 2.75) is 51.4 Å². The summed E-state index contributed by atoms with van der Waals surface area (Å²) >= 11 is 19.5. The third-order valence-corrected chi connectivity index (χ3v) is 5.85. The van der Waals surface area contributed by atoms with Gasteiger partial charge in [0.25, 0.3) is 0 Å². The Bertz CT molecular complexity index is 432. The molecule has 8 nitrogen and oxygen atoms in total. The van der Waals surface area contributed by atoms with Gasteiger partial charge in [-0.25, -0.2) is 0 Å². The van der Waals surface area contributed by atoms with Gasteiger partial charge in [-0.3, -0.25) is 0 Å². The van der Waals surface area contributed by atoms with Crippen LogP contribution in [0.4, 0.5) is 0 Å². The molecule has 0 spiro atoms. The molecule has 4 saturated heterocycles. The maximum absolute atomic E-state index is 4.87. The summed E-state index contributed by atoms with van der Waals surface area (Å²) in [4.78, 5) is 0. The molecular formula is C20H40N8PtS4. The molecule has 13 heteroatoms. The second-order valence-electron chi connectivity index (χ2n) is 7.56. The van der Waals surface area contributed by atoms with Crippen molar-refractivity contribution in [3.8, 4) is 0 Å². The van der Waals surface area contributed by atoms with E-state index in [1.807, 2.05) is 0 Å². The van der Waals surface area contributed by atoms with Crippen molar-refractivity contribution in [2.75, 3.05) is 52.4 Å². The molecule has 194 valence electrons. The van der Waals surface area contributed by atoms with Crippen LogP contribution in [0.25, 0.3) is 0 Å². The first-order chi connectivity index (χ1) is 15.6. The average Bonchev–Trinajstić information content (AvgIpc) is 3.35. The second-order valence-corrected chi connectivity index (χ2v) is 9.19. The zero-order chi connectivity index (χ0) is 23.3. The maximum Gasteiger partial charge on any atom is 0.166 e. The van der Waals surface area contributed by atoms with Crippen LogP contribution in [-0.2, 0) is 21.1 Å². The fourth-order valence-electron chi connectivity index (χ4n) is 2.87. The largest absolute Gasteiger partial charge is 0.363 e. The minimum absolute atomic E-state index is 0. The van der Waals surface area contributed by atoms with Gasteiger partial charge in [-0.15, -0.1) is 0 Å². The molecule has 0 bridgehead atoms. The standard InChI is InChI=1S/4C5H10N2S.Pt/c4*8-5-6-3-1-2-4-7-5;/h4*1-4H2,(H2,6,7,8);. The van der Waals surface area contributed by atoms with Gasteiger partial charge in [0, 0.05) is 73.4 Å². The maximum atomic E-state index is 4.87. The van der Waals surface area contributed by atoms with E-state index in [0.29, 0.717) is 0 Å². The average molecular weight is 716 g/mol. The van der Waals surface area contributed by atoms with Crippen LogP contribution in [0, 0.1) is 0 Å². The summed E-state index contributed by atoms with van der Waals surface area (Å²) in [6.07, 6.45) is 9.83. The van der Waals surface area contributed by atoms with Crippen LogP contribution < -0.4 is 42.5 Å². The van der Waals surface area contributed by atoms with Gasteiger partial charge in [-0.2, -0.15) is 0 Å². The van der Waals surface area contributed by atoms with Crippen LogP contribution in [0.2, 0.25) is 0 Å². The van der Waals surface area contributed by atoms with Crippen molar-refractivity contribution in [3.05, 3.63) is 0 Å². The normalized spacial score (nSPS) is 20.1. The molecule has 4 aliphatic rings. The Labute approximate surface area is 235 Å². The van der Waals surface area contributed by atoms with Gasteiger partial charge in [-0.05, 0) is 100 Å². The monoisotopic (exact) mass is 715 g/mol. The van der Waals surface area contributed by atoms with Crippen molar-refractivity contribution >= 4 is 69.3 Å². The minimum atomic E-state index is 0. The Hall–Kier alpha value is -0.552. The van der Waals surface area contributed by atoms with Crippen LogP contribution in [0.3, 0.4) is 0 Å². The first kappa shape index (κ1) is 32.4. The molecule has 0 aromatic carbocycles. The summed E-state index contributed by atoms with van der Waals surface area (Å²) in [6.45, 7) is 8.27. The molecule has 8 N–H and O–H groups in total. The topological polar surface area (TPSA) is 96.2 Å². The van der Waals surface area contributed by atoms with Crippen LogP contribution in [0.15, 0.2) is 0 Å². The Morgan fingerprint density at radius 3 is 0.545 bits per heavy atom. The smallest absolute Gasteiger partial charge is 0.166 e. The van der Waals surface area contributed by atoms with E-state index in [1.165, 1.54) is 51.4 Å². The van der Waals surface area contributed by atoms with Crippen LogP contribution >= 0.6 is 48.9 Å². The molecule has 33 heavy (non-hydrogen) atoms. The van der Waals surface area contributed by atoms with Crippen molar-refractivity contribution in [1.29, 1.82) is 0 Å². The molecule has 0 aromatic heterocycles. The fourth-order valence-corrected chi connectivity index (χ4v) is 3.68. The summed E-state index contributed by atoms with van der Waals surface area (Å²) in [5.41, 5.74) is 0. The molecule has 0 saturated carbocycles. The van der Waals surface area contributed by atoms with E-state index in [4.69, 9.17) is 48.9 Å². The van der Waals surface area contributed by atoms with E-state index in [2.05, 4.69) is 42.5 Å². The summed E-state index contributed by atoms with van der Waals surface area (Å²) in [7, 11) is 0. The van der Waals surface area contributed by atoms with Gasteiger partial charge in [0.1, 0.15) is 0 Å². The molecule has 0 aromatic rings. The van der Waals surface area contributed by atoms with Gasteiger partial charge in [-0.1, -0.05) is 0 Å². The Kier molecular flexibility index (Phi) is 22.8. The fraction of sp³-hybridized carbons (Fsp3) is 0.800. The first-order valence-electron chi connectivity index (χ1n) is 11.6. The van der Waals surface area contributed by atoms with Gasteiger partial charge in [0.15, 0.2) is 20.4 Å². The summed E-state index contributed by atoms with van der Waals surface area (Å²) in [5, 5.41) is 27.8. The molecule has 4 rings (SSSR count). The second kappa shape index (κ2) is 23.2. The first-order valence-corrected chi connectivity index (χ1v) is 13.3. The molecule has 0 aliphatic carbocycles. The number of nitrogens with one attached hydrogen (secondary N) is 8. The van der Waals surface area contributed by atoms with Crippen LogP contribution in [-0.4, -0.2) is 72.8 Å². The van der Waals surface area contributed by atoms with Crippen LogP contribution in [0.1, 0.15) is 51.4 Å². The SMILES string of the molecule is S=C1NCCCCN1.S=C1NCCCCN1.S=C1NCCCCN1.S=C1NCCCCN1.[Pt]. The van der Waals surface area contributed by atoms with E-state index in [9.17, 15) is 0 Å². The predicted molar refractivity (Wildman–Crippen MR) is 151 cm³/mol. The van der Waals surface area contributed by atoms with Crippen molar-refractivity contribution in [3.63, 3.8) is 0 Å². The number of hydrogen-bond donors (Lipinski definition) is 8. The Balaban J connectivity index is 0.000000410. The zero-order valence-electron chi connectivity index (χ0n) is 19.3. The van der Waals surface area contributed by atoms with Gasteiger partial charge < -0.3 is 42.5 Å². The molecule has 0 atom stereocenters. The molecule has 4 aliphatic heterocycles. The number of hydrogen-bond acceptors (Lipinski definition) is 4. The molecule has 4 heterocycles. The van der Waals surface area contributed by atoms with Crippen molar-refractivity contribution in [2.24, 2.45) is 0 Å². The van der Waals surface area contributed by atoms with Gasteiger partial charge in [0.05, 0.1) is 0 Å². The van der Waals surface area contributed by atoms with Crippen molar-refractivity contribution in [1.82, 2.24) is 42.5 Å². The van der Waals surface area contributed by atoms with E-state index in [-0.39, 0.29) is 21.1 Å². The van der Waals surface area contributed by atoms with E-state index in [1.54, 1.807) is 0 Å².